The summed E-state index contributed by atoms with van der Waals surface area (Å²) in [5, 5.41) is 2.66. The van der Waals surface area contributed by atoms with E-state index in [1.165, 1.54) is 4.90 Å². The van der Waals surface area contributed by atoms with E-state index < -0.39 is 11.7 Å². The second-order valence-electron chi connectivity index (χ2n) is 4.15. The number of rotatable bonds is 4. The SMILES string of the molecule is CCNC(=O)CCN1C(=O)C(=O)c2cc(Br)ccc21. The Bertz CT molecular complexity index is 557. The molecule has 1 aliphatic rings. The van der Waals surface area contributed by atoms with Crippen molar-refractivity contribution < 1.29 is 14.4 Å². The van der Waals surface area contributed by atoms with Crippen LogP contribution in [-0.2, 0) is 9.59 Å². The molecule has 1 aliphatic heterocycles. The molecule has 0 spiro atoms. The van der Waals surface area contributed by atoms with Crippen molar-refractivity contribution in [1.29, 1.82) is 0 Å². The molecule has 100 valence electrons. The van der Waals surface area contributed by atoms with Gasteiger partial charge in [-0.3, -0.25) is 14.4 Å². The third-order valence-electron chi connectivity index (χ3n) is 2.87. The topological polar surface area (TPSA) is 66.5 Å². The largest absolute Gasteiger partial charge is 0.356 e. The number of amides is 2. The number of carbonyl (C=O) groups excluding carboxylic acids is 3. The van der Waals surface area contributed by atoms with E-state index in [-0.39, 0.29) is 18.9 Å². The average molecular weight is 325 g/mol. The molecule has 0 bridgehead atoms. The molecule has 2 rings (SSSR count). The Morgan fingerprint density at radius 1 is 1.37 bits per heavy atom. The predicted octanol–water partition coefficient (Wildman–Crippen LogP) is 1.50. The molecule has 1 heterocycles. The fraction of sp³-hybridized carbons (Fsp3) is 0.308. The average Bonchev–Trinajstić information content (AvgIpc) is 2.61. The Balaban J connectivity index is 2.17. The van der Waals surface area contributed by atoms with E-state index in [2.05, 4.69) is 21.2 Å². The van der Waals surface area contributed by atoms with Gasteiger partial charge in [-0.15, -0.1) is 0 Å². The lowest BCUT2D eigenvalue weighted by atomic mass is 10.1. The molecule has 0 atom stereocenters. The highest BCUT2D eigenvalue weighted by Crippen LogP contribution is 2.31. The van der Waals surface area contributed by atoms with Crippen LogP contribution in [0.5, 0.6) is 0 Å². The lowest BCUT2D eigenvalue weighted by Gasteiger charge is -2.15. The zero-order chi connectivity index (χ0) is 14.0. The van der Waals surface area contributed by atoms with Gasteiger partial charge >= 0.3 is 0 Å². The van der Waals surface area contributed by atoms with Gasteiger partial charge in [-0.05, 0) is 25.1 Å². The summed E-state index contributed by atoms with van der Waals surface area (Å²) in [6.07, 6.45) is 0.183. The zero-order valence-corrected chi connectivity index (χ0v) is 12.0. The lowest BCUT2D eigenvalue weighted by Crippen LogP contribution is -2.34. The van der Waals surface area contributed by atoms with Gasteiger partial charge in [0.15, 0.2) is 0 Å². The van der Waals surface area contributed by atoms with Gasteiger partial charge in [0.05, 0.1) is 11.3 Å². The standard InChI is InChI=1S/C13H13BrN2O3/c1-2-15-11(17)5-6-16-10-4-3-8(14)7-9(10)12(18)13(16)19/h3-4,7H,2,5-6H2,1H3,(H,15,17). The number of fused-ring (bicyclic) bond motifs is 1. The molecule has 1 N–H and O–H groups in total. The van der Waals surface area contributed by atoms with Crippen molar-refractivity contribution in [2.75, 3.05) is 18.0 Å². The van der Waals surface area contributed by atoms with E-state index in [1.807, 2.05) is 6.92 Å². The van der Waals surface area contributed by atoms with Crippen molar-refractivity contribution in [3.63, 3.8) is 0 Å². The van der Waals surface area contributed by atoms with Gasteiger partial charge in [0.2, 0.25) is 5.91 Å². The third kappa shape index (κ3) is 2.68. The number of nitrogens with one attached hydrogen (secondary N) is 1. The molecule has 0 saturated carbocycles. The maximum absolute atomic E-state index is 11.9. The number of hydrogen-bond donors (Lipinski definition) is 1. The first-order valence-corrected chi connectivity index (χ1v) is 6.76. The van der Waals surface area contributed by atoms with Gasteiger partial charge in [0, 0.05) is 24.0 Å². The van der Waals surface area contributed by atoms with Crippen LogP contribution in [0.1, 0.15) is 23.7 Å². The quantitative estimate of drug-likeness (QED) is 0.853. The molecule has 1 aromatic rings. The fourth-order valence-corrected chi connectivity index (χ4v) is 2.35. The molecule has 19 heavy (non-hydrogen) atoms. The predicted molar refractivity (Wildman–Crippen MR) is 74.1 cm³/mol. The van der Waals surface area contributed by atoms with E-state index in [1.54, 1.807) is 18.2 Å². The summed E-state index contributed by atoms with van der Waals surface area (Å²) in [7, 11) is 0. The van der Waals surface area contributed by atoms with Crippen LogP contribution in [-0.4, -0.2) is 30.7 Å². The molecule has 6 heteroatoms. The van der Waals surface area contributed by atoms with Crippen LogP contribution in [0.2, 0.25) is 0 Å². The van der Waals surface area contributed by atoms with Gasteiger partial charge < -0.3 is 10.2 Å². The molecule has 1 aromatic carbocycles. The highest BCUT2D eigenvalue weighted by molar-refractivity contribution is 9.10. The molecule has 0 saturated heterocycles. The molecule has 0 aliphatic carbocycles. The second kappa shape index (κ2) is 5.52. The molecular formula is C13H13BrN2O3. The van der Waals surface area contributed by atoms with E-state index in [0.717, 1.165) is 4.47 Å². The summed E-state index contributed by atoms with van der Waals surface area (Å²) in [5.74, 6) is -1.22. The first-order chi connectivity index (χ1) is 9.04. The Kier molecular flexibility index (Phi) is 3.99. The van der Waals surface area contributed by atoms with Crippen LogP contribution in [0.3, 0.4) is 0 Å². The number of hydrogen-bond acceptors (Lipinski definition) is 3. The summed E-state index contributed by atoms with van der Waals surface area (Å²) >= 11 is 3.27. The number of halogens is 1. The van der Waals surface area contributed by atoms with Gasteiger partial charge in [0.1, 0.15) is 0 Å². The van der Waals surface area contributed by atoms with Crippen molar-refractivity contribution >= 4 is 39.2 Å². The fourth-order valence-electron chi connectivity index (χ4n) is 1.99. The first kappa shape index (κ1) is 13.7. The molecule has 5 nitrogen and oxygen atoms in total. The van der Waals surface area contributed by atoms with Crippen molar-refractivity contribution in [3.05, 3.63) is 28.2 Å². The van der Waals surface area contributed by atoms with Gasteiger partial charge in [-0.2, -0.15) is 0 Å². The minimum atomic E-state index is -0.572. The van der Waals surface area contributed by atoms with Gasteiger partial charge in [-0.25, -0.2) is 0 Å². The molecular weight excluding hydrogens is 312 g/mol. The van der Waals surface area contributed by atoms with Crippen LogP contribution >= 0.6 is 15.9 Å². The summed E-state index contributed by atoms with van der Waals surface area (Å²) in [6.45, 7) is 2.59. The zero-order valence-electron chi connectivity index (χ0n) is 10.4. The number of benzene rings is 1. The van der Waals surface area contributed by atoms with Gasteiger partial charge in [-0.1, -0.05) is 15.9 Å². The Hall–Kier alpha value is -1.69. The molecule has 0 unspecified atom stereocenters. The van der Waals surface area contributed by atoms with Crippen LogP contribution in [0.4, 0.5) is 5.69 Å². The monoisotopic (exact) mass is 324 g/mol. The van der Waals surface area contributed by atoms with Gasteiger partial charge in [0.25, 0.3) is 11.7 Å². The number of carbonyl (C=O) groups is 3. The molecule has 0 fully saturated rings. The number of anilines is 1. The Morgan fingerprint density at radius 2 is 2.11 bits per heavy atom. The van der Waals surface area contributed by atoms with Crippen LogP contribution < -0.4 is 10.2 Å². The summed E-state index contributed by atoms with van der Waals surface area (Å²) in [4.78, 5) is 36.5. The maximum Gasteiger partial charge on any atom is 0.299 e. The minimum absolute atomic E-state index is 0.131. The van der Waals surface area contributed by atoms with Crippen molar-refractivity contribution in [3.8, 4) is 0 Å². The van der Waals surface area contributed by atoms with Crippen LogP contribution in [0.25, 0.3) is 0 Å². The third-order valence-corrected chi connectivity index (χ3v) is 3.36. The highest BCUT2D eigenvalue weighted by atomic mass is 79.9. The van der Waals surface area contributed by atoms with E-state index in [9.17, 15) is 14.4 Å². The van der Waals surface area contributed by atoms with Crippen molar-refractivity contribution in [1.82, 2.24) is 5.32 Å². The number of nitrogens with zero attached hydrogens (tertiary/aromatic N) is 1. The second-order valence-corrected chi connectivity index (χ2v) is 5.07. The van der Waals surface area contributed by atoms with Crippen LogP contribution in [0, 0.1) is 0 Å². The molecule has 0 aromatic heterocycles. The summed E-state index contributed by atoms with van der Waals surface area (Å²) in [5.41, 5.74) is 0.956. The summed E-state index contributed by atoms with van der Waals surface area (Å²) in [6, 6.07) is 5.10. The van der Waals surface area contributed by atoms with E-state index in [0.29, 0.717) is 17.8 Å². The number of Topliss-reactive ketones (excluding diaryl/α,β-unsaturated/α-hetero) is 1. The Morgan fingerprint density at radius 3 is 2.79 bits per heavy atom. The molecule has 0 radical (unpaired) electrons. The maximum atomic E-state index is 11.9. The van der Waals surface area contributed by atoms with E-state index >= 15 is 0 Å². The first-order valence-electron chi connectivity index (χ1n) is 5.97. The summed E-state index contributed by atoms with van der Waals surface area (Å²) < 4.78 is 0.748. The smallest absolute Gasteiger partial charge is 0.299 e. The van der Waals surface area contributed by atoms with Crippen molar-refractivity contribution in [2.24, 2.45) is 0 Å². The van der Waals surface area contributed by atoms with E-state index in [4.69, 9.17) is 0 Å². The Labute approximate surface area is 119 Å². The molecule has 2 amide bonds. The van der Waals surface area contributed by atoms with Crippen molar-refractivity contribution in [2.45, 2.75) is 13.3 Å². The van der Waals surface area contributed by atoms with Crippen LogP contribution in [0.15, 0.2) is 22.7 Å². The number of ketones is 1. The normalized spacial score (nSPS) is 13.7. The highest BCUT2D eigenvalue weighted by Gasteiger charge is 2.35. The lowest BCUT2D eigenvalue weighted by molar-refractivity contribution is -0.120. The minimum Gasteiger partial charge on any atom is -0.356 e.